The Kier molecular flexibility index (Phi) is 6.90. The van der Waals surface area contributed by atoms with Gasteiger partial charge in [-0.2, -0.15) is 0 Å². The van der Waals surface area contributed by atoms with Gasteiger partial charge in [-0.15, -0.1) is 0 Å². The molecule has 29 heavy (non-hydrogen) atoms. The number of likely N-dealkylation sites (tertiary alicyclic amines) is 2. The van der Waals surface area contributed by atoms with Crippen LogP contribution in [0.1, 0.15) is 38.7 Å². The molecule has 1 aromatic carbocycles. The molecule has 2 heterocycles. The molecule has 2 N–H and O–H groups in total. The number of hydrogen-bond acceptors (Lipinski definition) is 4. The minimum Gasteiger partial charge on any atom is -0.392 e. The van der Waals surface area contributed by atoms with Crippen LogP contribution >= 0.6 is 0 Å². The first kappa shape index (κ1) is 21.7. The third-order valence-corrected chi connectivity index (χ3v) is 6.22. The Morgan fingerprint density at radius 1 is 1.28 bits per heavy atom. The molecule has 0 aliphatic carbocycles. The maximum absolute atomic E-state index is 14.1. The third-order valence-electron chi connectivity index (χ3n) is 6.22. The Bertz CT molecular complexity index is 742. The molecule has 0 saturated carbocycles. The zero-order valence-electron chi connectivity index (χ0n) is 17.4. The van der Waals surface area contributed by atoms with E-state index in [0.717, 1.165) is 12.8 Å². The van der Waals surface area contributed by atoms with Gasteiger partial charge in [0.1, 0.15) is 5.82 Å². The molecule has 160 valence electrons. The first-order chi connectivity index (χ1) is 13.8. The summed E-state index contributed by atoms with van der Waals surface area (Å²) in [5.41, 5.74) is 0.249. The predicted octanol–water partition coefficient (Wildman–Crippen LogP) is 1.77. The highest BCUT2D eigenvalue weighted by molar-refractivity contribution is 5.85. The van der Waals surface area contributed by atoms with Crippen molar-refractivity contribution in [1.29, 1.82) is 0 Å². The van der Waals surface area contributed by atoms with Gasteiger partial charge in [0.25, 0.3) is 0 Å². The van der Waals surface area contributed by atoms with Gasteiger partial charge in [-0.3, -0.25) is 14.5 Å². The summed E-state index contributed by atoms with van der Waals surface area (Å²) >= 11 is 0. The first-order valence-electron chi connectivity index (χ1n) is 10.5. The summed E-state index contributed by atoms with van der Waals surface area (Å²) in [6.07, 6.45) is 1.78. The van der Waals surface area contributed by atoms with E-state index in [-0.39, 0.29) is 30.1 Å². The zero-order chi connectivity index (χ0) is 21.0. The van der Waals surface area contributed by atoms with Crippen LogP contribution in [0, 0.1) is 17.2 Å². The molecule has 0 aromatic heterocycles. The van der Waals surface area contributed by atoms with Gasteiger partial charge in [0.2, 0.25) is 11.8 Å². The van der Waals surface area contributed by atoms with Crippen molar-refractivity contribution < 1.29 is 19.1 Å². The second-order valence-corrected chi connectivity index (χ2v) is 8.76. The number of nitrogens with zero attached hydrogens (tertiary/aromatic N) is 2. The fourth-order valence-corrected chi connectivity index (χ4v) is 4.50. The maximum Gasteiger partial charge on any atom is 0.241 e. The van der Waals surface area contributed by atoms with E-state index >= 15 is 0 Å². The largest absolute Gasteiger partial charge is 0.392 e. The molecule has 2 amide bonds. The minimum atomic E-state index is -0.486. The quantitative estimate of drug-likeness (QED) is 0.783. The maximum atomic E-state index is 14.1. The Morgan fingerprint density at radius 3 is 2.76 bits per heavy atom. The van der Waals surface area contributed by atoms with E-state index in [1.807, 2.05) is 6.07 Å². The number of carbonyl (C=O) groups excluding carboxylic acids is 2. The number of rotatable bonds is 5. The number of amides is 2. The van der Waals surface area contributed by atoms with Crippen molar-refractivity contribution >= 4 is 11.8 Å². The lowest BCUT2D eigenvalue weighted by atomic mass is 9.71. The Hall–Kier alpha value is -1.99. The van der Waals surface area contributed by atoms with Crippen molar-refractivity contribution in [3.63, 3.8) is 0 Å². The SMILES string of the molecule is CC(C)C(=O)NCC(=O)N1CCC[C@@]2(CN(Cc3ccccc3F)CC[C@H]2O)C1. The summed E-state index contributed by atoms with van der Waals surface area (Å²) in [4.78, 5) is 28.3. The molecular weight excluding hydrogens is 373 g/mol. The number of hydrogen-bond donors (Lipinski definition) is 2. The van der Waals surface area contributed by atoms with E-state index in [1.54, 1.807) is 30.9 Å². The van der Waals surface area contributed by atoms with Crippen LogP contribution in [0.25, 0.3) is 0 Å². The van der Waals surface area contributed by atoms with Crippen LogP contribution in [0.3, 0.4) is 0 Å². The molecule has 2 saturated heterocycles. The van der Waals surface area contributed by atoms with Crippen LogP contribution in [0.5, 0.6) is 0 Å². The monoisotopic (exact) mass is 405 g/mol. The van der Waals surface area contributed by atoms with Crippen LogP contribution in [0.15, 0.2) is 24.3 Å². The molecule has 3 rings (SSSR count). The van der Waals surface area contributed by atoms with Crippen LogP contribution in [0.2, 0.25) is 0 Å². The van der Waals surface area contributed by atoms with Crippen LogP contribution in [-0.2, 0) is 16.1 Å². The lowest BCUT2D eigenvalue weighted by Crippen LogP contribution is -2.60. The van der Waals surface area contributed by atoms with E-state index < -0.39 is 11.5 Å². The second-order valence-electron chi connectivity index (χ2n) is 8.76. The molecular formula is C22H32FN3O3. The van der Waals surface area contributed by atoms with Crippen molar-refractivity contribution in [3.8, 4) is 0 Å². The number of benzene rings is 1. The highest BCUT2D eigenvalue weighted by atomic mass is 19.1. The van der Waals surface area contributed by atoms with Gasteiger partial charge in [0.15, 0.2) is 0 Å². The molecule has 2 atom stereocenters. The van der Waals surface area contributed by atoms with Crippen molar-refractivity contribution in [1.82, 2.24) is 15.1 Å². The van der Waals surface area contributed by atoms with Crippen molar-refractivity contribution in [3.05, 3.63) is 35.6 Å². The molecule has 7 heteroatoms. The Morgan fingerprint density at radius 2 is 2.03 bits per heavy atom. The number of aliphatic hydroxyl groups is 1. The van der Waals surface area contributed by atoms with Gasteiger partial charge < -0.3 is 15.3 Å². The molecule has 0 unspecified atom stereocenters. The van der Waals surface area contributed by atoms with Gasteiger partial charge in [0.05, 0.1) is 12.6 Å². The fraction of sp³-hybridized carbons (Fsp3) is 0.636. The lowest BCUT2D eigenvalue weighted by Gasteiger charge is -2.51. The number of carbonyl (C=O) groups is 2. The standard InChI is InChI=1S/C22H32FN3O3/c1-16(2)21(29)24-12-20(28)26-10-5-9-22(15-26)14-25(11-8-19(22)27)13-17-6-3-4-7-18(17)23/h3-4,6-7,16,19,27H,5,8-15H2,1-2H3,(H,24,29)/t19-,22-/m1/s1. The van der Waals surface area contributed by atoms with Crippen molar-refractivity contribution in [2.75, 3.05) is 32.7 Å². The van der Waals surface area contributed by atoms with Gasteiger partial charge in [-0.25, -0.2) is 4.39 Å². The Labute approximate surface area is 172 Å². The van der Waals surface area contributed by atoms with E-state index in [4.69, 9.17) is 0 Å². The zero-order valence-corrected chi connectivity index (χ0v) is 17.4. The molecule has 0 radical (unpaired) electrons. The van der Waals surface area contributed by atoms with Gasteiger partial charge in [-0.05, 0) is 25.3 Å². The first-order valence-corrected chi connectivity index (χ1v) is 10.5. The van der Waals surface area contributed by atoms with E-state index in [0.29, 0.717) is 44.7 Å². The molecule has 6 nitrogen and oxygen atoms in total. The molecule has 1 aromatic rings. The highest BCUT2D eigenvalue weighted by Crippen LogP contribution is 2.39. The number of piperidine rings is 2. The van der Waals surface area contributed by atoms with Crippen molar-refractivity contribution in [2.24, 2.45) is 11.3 Å². The smallest absolute Gasteiger partial charge is 0.241 e. The normalized spacial score (nSPS) is 25.4. The van der Waals surface area contributed by atoms with E-state index in [1.165, 1.54) is 6.07 Å². The lowest BCUT2D eigenvalue weighted by molar-refractivity contribution is -0.142. The average molecular weight is 406 g/mol. The molecule has 2 aliphatic heterocycles. The summed E-state index contributed by atoms with van der Waals surface area (Å²) in [5.74, 6) is -0.632. The van der Waals surface area contributed by atoms with Crippen molar-refractivity contribution in [2.45, 2.75) is 45.8 Å². The summed E-state index contributed by atoms with van der Waals surface area (Å²) in [5, 5.41) is 13.5. The van der Waals surface area contributed by atoms with Crippen LogP contribution in [-0.4, -0.2) is 65.5 Å². The van der Waals surface area contributed by atoms with Crippen LogP contribution < -0.4 is 5.32 Å². The number of nitrogens with one attached hydrogen (secondary N) is 1. The average Bonchev–Trinajstić information content (AvgIpc) is 2.70. The Balaban J connectivity index is 1.64. The number of halogens is 1. The summed E-state index contributed by atoms with van der Waals surface area (Å²) in [6, 6.07) is 6.78. The summed E-state index contributed by atoms with van der Waals surface area (Å²) in [6.45, 7) is 6.51. The third kappa shape index (κ3) is 5.14. The predicted molar refractivity (Wildman–Crippen MR) is 108 cm³/mol. The highest BCUT2D eigenvalue weighted by Gasteiger charge is 2.46. The molecule has 2 aliphatic rings. The fourth-order valence-electron chi connectivity index (χ4n) is 4.50. The van der Waals surface area contributed by atoms with Gasteiger partial charge in [0, 0.05) is 49.6 Å². The second kappa shape index (κ2) is 9.22. The number of aliphatic hydroxyl groups excluding tert-OH is 1. The minimum absolute atomic E-state index is 0.0118. The van der Waals surface area contributed by atoms with E-state index in [9.17, 15) is 19.1 Å². The van der Waals surface area contributed by atoms with Gasteiger partial charge >= 0.3 is 0 Å². The molecule has 0 bridgehead atoms. The van der Waals surface area contributed by atoms with Crippen LogP contribution in [0.4, 0.5) is 4.39 Å². The topological polar surface area (TPSA) is 72.9 Å². The molecule has 2 fully saturated rings. The van der Waals surface area contributed by atoms with Gasteiger partial charge in [-0.1, -0.05) is 32.0 Å². The summed E-state index contributed by atoms with van der Waals surface area (Å²) < 4.78 is 14.1. The summed E-state index contributed by atoms with van der Waals surface area (Å²) in [7, 11) is 0. The molecule has 1 spiro atoms. The van der Waals surface area contributed by atoms with E-state index in [2.05, 4.69) is 10.2 Å².